The average Bonchev–Trinajstić information content (AvgIpc) is 3.14. The van der Waals surface area contributed by atoms with Gasteiger partial charge in [0.2, 0.25) is 0 Å². The van der Waals surface area contributed by atoms with E-state index >= 15 is 0 Å². The zero-order valence-electron chi connectivity index (χ0n) is 11.2. The molecule has 1 aromatic rings. The Bertz CT molecular complexity index is 526. The molecule has 1 fully saturated rings. The van der Waals surface area contributed by atoms with E-state index in [0.29, 0.717) is 5.92 Å². The van der Waals surface area contributed by atoms with Gasteiger partial charge in [-0.1, -0.05) is 12.8 Å². The summed E-state index contributed by atoms with van der Waals surface area (Å²) in [5.41, 5.74) is 0.0152. The fourth-order valence-electron chi connectivity index (χ4n) is 2.11. The summed E-state index contributed by atoms with van der Waals surface area (Å²) < 4.78 is 0. The number of carboxylic acids is 1. The van der Waals surface area contributed by atoms with E-state index in [4.69, 9.17) is 5.11 Å². The van der Waals surface area contributed by atoms with E-state index in [1.54, 1.807) is 0 Å². The molecule has 0 aromatic heterocycles. The monoisotopic (exact) mass is 278 g/mol. The van der Waals surface area contributed by atoms with Crippen LogP contribution in [0.5, 0.6) is 5.75 Å². The van der Waals surface area contributed by atoms with Crippen LogP contribution in [-0.2, 0) is 0 Å². The number of hydrogen-bond acceptors (Lipinski definition) is 3. The number of aromatic carboxylic acids is 1. The molecule has 2 rings (SSSR count). The highest BCUT2D eigenvalue weighted by Crippen LogP contribution is 2.33. The molecule has 0 aliphatic heterocycles. The van der Waals surface area contributed by atoms with Crippen LogP contribution in [0.2, 0.25) is 0 Å². The summed E-state index contributed by atoms with van der Waals surface area (Å²) in [5.74, 6) is -0.661. The van der Waals surface area contributed by atoms with Crippen molar-refractivity contribution in [1.82, 2.24) is 5.32 Å². The lowest BCUT2D eigenvalue weighted by Crippen LogP contribution is -2.36. The zero-order valence-corrected chi connectivity index (χ0v) is 11.2. The van der Waals surface area contributed by atoms with Gasteiger partial charge in [0.15, 0.2) is 0 Å². The van der Waals surface area contributed by atoms with E-state index in [9.17, 15) is 14.7 Å². The summed E-state index contributed by atoms with van der Waals surface area (Å²) in [6.45, 7) is 1.92. The van der Waals surface area contributed by atoms with Crippen LogP contribution in [0, 0.1) is 5.92 Å². The van der Waals surface area contributed by atoms with Crippen LogP contribution in [0.4, 0.5) is 10.5 Å². The smallest absolute Gasteiger partial charge is 0.337 e. The fourth-order valence-corrected chi connectivity index (χ4v) is 2.11. The summed E-state index contributed by atoms with van der Waals surface area (Å²) >= 11 is 0. The Morgan fingerprint density at radius 2 is 2.10 bits per heavy atom. The lowest BCUT2D eigenvalue weighted by molar-refractivity contribution is 0.0697. The van der Waals surface area contributed by atoms with E-state index in [0.717, 1.165) is 12.5 Å². The van der Waals surface area contributed by atoms with Crippen LogP contribution in [0.25, 0.3) is 0 Å². The normalized spacial score (nSPS) is 15.4. The van der Waals surface area contributed by atoms with Crippen molar-refractivity contribution in [3.05, 3.63) is 23.8 Å². The van der Waals surface area contributed by atoms with Crippen molar-refractivity contribution in [3.8, 4) is 5.75 Å². The molecular weight excluding hydrogens is 260 g/mol. The van der Waals surface area contributed by atoms with Gasteiger partial charge >= 0.3 is 12.0 Å². The van der Waals surface area contributed by atoms with Crippen LogP contribution in [-0.4, -0.2) is 28.3 Å². The zero-order chi connectivity index (χ0) is 14.7. The Labute approximate surface area is 116 Å². The first-order chi connectivity index (χ1) is 9.45. The van der Waals surface area contributed by atoms with Gasteiger partial charge in [-0.15, -0.1) is 0 Å². The number of carboxylic acid groups (broad SMARTS) is 1. The van der Waals surface area contributed by atoms with E-state index in [2.05, 4.69) is 10.6 Å². The Hall–Kier alpha value is -2.24. The number of aromatic hydroxyl groups is 1. The number of phenols is 1. The number of phenolic OH excluding ortho intramolecular Hbond substituents is 1. The molecular formula is C14H18N2O4. The molecule has 6 nitrogen and oxygen atoms in total. The Morgan fingerprint density at radius 1 is 1.40 bits per heavy atom. The van der Waals surface area contributed by atoms with E-state index in [-0.39, 0.29) is 23.0 Å². The highest BCUT2D eigenvalue weighted by molar-refractivity contribution is 6.00. The molecule has 20 heavy (non-hydrogen) atoms. The van der Waals surface area contributed by atoms with Gasteiger partial charge in [0.1, 0.15) is 5.75 Å². The molecule has 0 heterocycles. The van der Waals surface area contributed by atoms with Crippen molar-refractivity contribution in [3.63, 3.8) is 0 Å². The van der Waals surface area contributed by atoms with Crippen molar-refractivity contribution in [2.45, 2.75) is 32.2 Å². The van der Waals surface area contributed by atoms with E-state index in [1.807, 2.05) is 6.92 Å². The van der Waals surface area contributed by atoms with Crippen LogP contribution < -0.4 is 10.6 Å². The second-order valence-electron chi connectivity index (χ2n) is 5.21. The molecule has 0 spiro atoms. The number of nitrogens with one attached hydrogen (secondary N) is 2. The molecule has 6 heteroatoms. The third-order valence-corrected chi connectivity index (χ3v) is 3.24. The Kier molecular flexibility index (Phi) is 4.12. The van der Waals surface area contributed by atoms with E-state index < -0.39 is 12.0 Å². The molecule has 1 saturated carbocycles. The highest BCUT2D eigenvalue weighted by atomic mass is 16.4. The summed E-state index contributed by atoms with van der Waals surface area (Å²) in [6, 6.07) is 3.41. The number of anilines is 1. The molecule has 108 valence electrons. The topological polar surface area (TPSA) is 98.7 Å². The Morgan fingerprint density at radius 3 is 2.70 bits per heavy atom. The predicted molar refractivity (Wildman–Crippen MR) is 74.0 cm³/mol. The highest BCUT2D eigenvalue weighted by Gasteiger charge is 2.24. The van der Waals surface area contributed by atoms with Gasteiger partial charge in [0.25, 0.3) is 0 Å². The summed E-state index contributed by atoms with van der Waals surface area (Å²) in [6.07, 6.45) is 3.37. The molecule has 0 saturated heterocycles. The van der Waals surface area contributed by atoms with Crippen molar-refractivity contribution in [2.75, 3.05) is 5.32 Å². The number of benzene rings is 1. The van der Waals surface area contributed by atoms with Gasteiger partial charge in [-0.3, -0.25) is 0 Å². The summed E-state index contributed by atoms with van der Waals surface area (Å²) in [7, 11) is 0. The van der Waals surface area contributed by atoms with Crippen LogP contribution in [0.3, 0.4) is 0 Å². The average molecular weight is 278 g/mol. The number of carbonyl (C=O) groups is 2. The summed E-state index contributed by atoms with van der Waals surface area (Å²) in [5, 5.41) is 23.6. The van der Waals surface area contributed by atoms with Gasteiger partial charge in [-0.2, -0.15) is 0 Å². The molecule has 4 N–H and O–H groups in total. The molecule has 0 radical (unpaired) electrons. The maximum Gasteiger partial charge on any atom is 0.337 e. The van der Waals surface area contributed by atoms with Gasteiger partial charge < -0.3 is 20.8 Å². The molecule has 1 aliphatic rings. The number of hydrogen-bond donors (Lipinski definition) is 4. The summed E-state index contributed by atoms with van der Waals surface area (Å²) in [4.78, 5) is 22.9. The van der Waals surface area contributed by atoms with E-state index in [1.165, 1.54) is 25.0 Å². The molecule has 1 unspecified atom stereocenters. The Balaban J connectivity index is 1.97. The molecule has 0 bridgehead atoms. The third kappa shape index (κ3) is 3.88. The fraction of sp³-hybridized carbons (Fsp3) is 0.429. The molecule has 1 aromatic carbocycles. The largest absolute Gasteiger partial charge is 0.508 e. The molecule has 1 aliphatic carbocycles. The lowest BCUT2D eigenvalue weighted by atomic mass is 10.1. The first kappa shape index (κ1) is 14.2. The van der Waals surface area contributed by atoms with Crippen molar-refractivity contribution < 1.29 is 19.8 Å². The predicted octanol–water partition coefficient (Wildman–Crippen LogP) is 2.40. The second kappa shape index (κ2) is 5.81. The van der Waals surface area contributed by atoms with Gasteiger partial charge in [-0.25, -0.2) is 9.59 Å². The van der Waals surface area contributed by atoms with Crippen LogP contribution >= 0.6 is 0 Å². The number of urea groups is 1. The SMILES string of the molecule is CC(CC1CC1)NC(=O)Nc1ccc(O)cc1C(=O)O. The number of amides is 2. The van der Waals surface area contributed by atoms with Gasteiger partial charge in [0, 0.05) is 6.04 Å². The third-order valence-electron chi connectivity index (χ3n) is 3.24. The second-order valence-corrected chi connectivity index (χ2v) is 5.21. The molecule has 1 atom stereocenters. The minimum absolute atomic E-state index is 0.0490. The first-order valence-corrected chi connectivity index (χ1v) is 6.59. The standard InChI is InChI=1S/C14H18N2O4/c1-8(6-9-2-3-9)15-14(20)16-12-5-4-10(17)7-11(12)13(18)19/h4-5,7-9,17H,2-3,6H2,1H3,(H,18,19)(H2,15,16,20). The number of carbonyl (C=O) groups excluding carboxylic acids is 1. The van der Waals surface area contributed by atoms with Crippen molar-refractivity contribution in [2.24, 2.45) is 5.92 Å². The van der Waals surface area contributed by atoms with Gasteiger partial charge in [-0.05, 0) is 37.5 Å². The quantitative estimate of drug-likeness (QED) is 0.621. The maximum atomic E-state index is 11.8. The van der Waals surface area contributed by atoms with Crippen LogP contribution in [0.15, 0.2) is 18.2 Å². The van der Waals surface area contributed by atoms with Crippen molar-refractivity contribution >= 4 is 17.7 Å². The first-order valence-electron chi connectivity index (χ1n) is 6.59. The minimum Gasteiger partial charge on any atom is -0.508 e. The maximum absolute atomic E-state index is 11.8. The number of rotatable bonds is 5. The van der Waals surface area contributed by atoms with Crippen LogP contribution in [0.1, 0.15) is 36.5 Å². The molecule has 2 amide bonds. The lowest BCUT2D eigenvalue weighted by Gasteiger charge is -2.15. The minimum atomic E-state index is -1.21. The van der Waals surface area contributed by atoms with Gasteiger partial charge in [0.05, 0.1) is 11.3 Å². The van der Waals surface area contributed by atoms with Crippen molar-refractivity contribution in [1.29, 1.82) is 0 Å².